The molecule has 1 fully saturated rings. The minimum Gasteiger partial charge on any atom is -0.367 e. The Morgan fingerprint density at radius 1 is 1.32 bits per heavy atom. The minimum atomic E-state index is -3.17. The topological polar surface area (TPSA) is 85.8 Å². The average Bonchev–Trinajstić information content (AvgIpc) is 3.08. The second kappa shape index (κ2) is 11.7. The largest absolute Gasteiger partial charge is 0.367 e. The summed E-state index contributed by atoms with van der Waals surface area (Å²) >= 11 is 0. The van der Waals surface area contributed by atoms with Crippen LogP contribution in [0, 0.1) is 11.6 Å². The van der Waals surface area contributed by atoms with Gasteiger partial charge in [0.1, 0.15) is 11.6 Å². The Morgan fingerprint density at radius 2 is 2.07 bits per heavy atom. The van der Waals surface area contributed by atoms with Gasteiger partial charge >= 0.3 is 0 Å². The summed E-state index contributed by atoms with van der Waals surface area (Å²) in [5, 5.41) is 6.41. The Kier molecular flexibility index (Phi) is 10.4. The summed E-state index contributed by atoms with van der Waals surface area (Å²) in [5.74, 6) is -0.473. The van der Waals surface area contributed by atoms with Crippen LogP contribution in [0.5, 0.6) is 0 Å². The van der Waals surface area contributed by atoms with Crippen molar-refractivity contribution in [2.45, 2.75) is 25.8 Å². The van der Waals surface area contributed by atoms with E-state index in [0.29, 0.717) is 44.2 Å². The zero-order valence-electron chi connectivity index (χ0n) is 16.0. The van der Waals surface area contributed by atoms with Gasteiger partial charge in [-0.05, 0) is 31.9 Å². The molecular formula is C17H28F2IN5O2S. The van der Waals surface area contributed by atoms with Crippen molar-refractivity contribution in [1.82, 2.24) is 15.4 Å². The molecule has 3 N–H and O–H groups in total. The smallest absolute Gasteiger partial charge is 0.211 e. The molecule has 11 heteroatoms. The number of hydrogen-bond acceptors (Lipinski definition) is 4. The van der Waals surface area contributed by atoms with Crippen molar-refractivity contribution in [1.29, 1.82) is 0 Å². The van der Waals surface area contributed by atoms with Crippen molar-refractivity contribution in [2.24, 2.45) is 4.99 Å². The molecule has 1 unspecified atom stereocenters. The highest BCUT2D eigenvalue weighted by Crippen LogP contribution is 2.24. The summed E-state index contributed by atoms with van der Waals surface area (Å²) < 4.78 is 52.2. The number of benzene rings is 1. The van der Waals surface area contributed by atoms with Gasteiger partial charge < -0.3 is 15.5 Å². The maximum absolute atomic E-state index is 13.9. The van der Waals surface area contributed by atoms with Crippen LogP contribution in [0.25, 0.3) is 0 Å². The number of rotatable bonds is 8. The van der Waals surface area contributed by atoms with E-state index in [2.05, 4.69) is 20.3 Å². The molecule has 0 amide bonds. The molecule has 0 bridgehead atoms. The molecule has 0 radical (unpaired) electrons. The number of guanidine groups is 1. The van der Waals surface area contributed by atoms with E-state index in [4.69, 9.17) is 0 Å². The molecule has 160 valence electrons. The summed E-state index contributed by atoms with van der Waals surface area (Å²) in [5.41, 5.74) is 0.395. The van der Waals surface area contributed by atoms with Crippen LogP contribution in [-0.2, 0) is 10.0 Å². The monoisotopic (exact) mass is 531 g/mol. The number of nitrogens with zero attached hydrogens (tertiary/aromatic N) is 2. The standard InChI is InChI=1S/C17H27F2N5O2S.HI/c1-3-27(25,26)22-9-4-8-21-17(20-2)23-14-7-10-24(12-14)16-6-5-13(18)11-15(16)19;/h5-6,11,14,22H,3-4,7-10,12H2,1-2H3,(H2,20,21,23);1H. The quantitative estimate of drug-likeness (QED) is 0.206. The molecule has 0 aliphatic carbocycles. The lowest BCUT2D eigenvalue weighted by Gasteiger charge is -2.21. The lowest BCUT2D eigenvalue weighted by atomic mass is 10.2. The van der Waals surface area contributed by atoms with Crippen molar-refractivity contribution < 1.29 is 17.2 Å². The summed E-state index contributed by atoms with van der Waals surface area (Å²) in [6, 6.07) is 3.69. The van der Waals surface area contributed by atoms with Gasteiger partial charge in [-0.1, -0.05) is 0 Å². The number of aliphatic imine (C=N–C) groups is 1. The highest BCUT2D eigenvalue weighted by Gasteiger charge is 2.25. The van der Waals surface area contributed by atoms with E-state index >= 15 is 0 Å². The molecule has 28 heavy (non-hydrogen) atoms. The van der Waals surface area contributed by atoms with Crippen molar-refractivity contribution >= 4 is 45.6 Å². The second-order valence-electron chi connectivity index (χ2n) is 6.32. The highest BCUT2D eigenvalue weighted by atomic mass is 127. The number of nitrogens with one attached hydrogen (secondary N) is 3. The molecule has 1 atom stereocenters. The van der Waals surface area contributed by atoms with Crippen molar-refractivity contribution in [3.05, 3.63) is 29.8 Å². The zero-order valence-corrected chi connectivity index (χ0v) is 19.2. The molecule has 1 aliphatic rings. The Labute approximate surface area is 182 Å². The Bertz CT molecular complexity index is 764. The van der Waals surface area contributed by atoms with Crippen LogP contribution in [0.3, 0.4) is 0 Å². The lowest BCUT2D eigenvalue weighted by molar-refractivity contribution is 0.579. The first-order chi connectivity index (χ1) is 12.8. The summed E-state index contributed by atoms with van der Waals surface area (Å²) in [7, 11) is -1.51. The first-order valence-corrected chi connectivity index (χ1v) is 10.6. The van der Waals surface area contributed by atoms with E-state index in [1.54, 1.807) is 14.0 Å². The van der Waals surface area contributed by atoms with Crippen molar-refractivity contribution in [2.75, 3.05) is 43.9 Å². The van der Waals surface area contributed by atoms with Gasteiger partial charge in [-0.2, -0.15) is 0 Å². The molecule has 7 nitrogen and oxygen atoms in total. The molecular weight excluding hydrogens is 503 g/mol. The molecule has 0 aromatic heterocycles. The lowest BCUT2D eigenvalue weighted by Crippen LogP contribution is -2.45. The fraction of sp³-hybridized carbons (Fsp3) is 0.588. The number of sulfonamides is 1. The molecule has 0 saturated carbocycles. The Hall–Kier alpha value is -1.21. The fourth-order valence-electron chi connectivity index (χ4n) is 2.85. The van der Waals surface area contributed by atoms with Crippen LogP contribution in [-0.4, -0.2) is 59.4 Å². The van der Waals surface area contributed by atoms with Crippen LogP contribution >= 0.6 is 24.0 Å². The van der Waals surface area contributed by atoms with Crippen LogP contribution in [0.4, 0.5) is 14.5 Å². The highest BCUT2D eigenvalue weighted by molar-refractivity contribution is 14.0. The summed E-state index contributed by atoms with van der Waals surface area (Å²) in [4.78, 5) is 6.03. The summed E-state index contributed by atoms with van der Waals surface area (Å²) in [6.07, 6.45) is 1.42. The van der Waals surface area contributed by atoms with Gasteiger partial charge in [0.05, 0.1) is 11.4 Å². The maximum atomic E-state index is 13.9. The predicted molar refractivity (Wildman–Crippen MR) is 119 cm³/mol. The molecule has 1 aromatic rings. The Morgan fingerprint density at radius 3 is 2.71 bits per heavy atom. The molecule has 0 spiro atoms. The fourth-order valence-corrected chi connectivity index (χ4v) is 3.51. The van der Waals surface area contributed by atoms with Crippen LogP contribution in [0.15, 0.2) is 23.2 Å². The van der Waals surface area contributed by atoms with E-state index in [-0.39, 0.29) is 35.8 Å². The molecule has 1 saturated heterocycles. The van der Waals surface area contributed by atoms with Crippen molar-refractivity contribution in [3.63, 3.8) is 0 Å². The second-order valence-corrected chi connectivity index (χ2v) is 8.42. The normalized spacial score (nSPS) is 17.4. The van der Waals surface area contributed by atoms with Gasteiger partial charge in [0.15, 0.2) is 5.96 Å². The van der Waals surface area contributed by atoms with Crippen LogP contribution < -0.4 is 20.3 Å². The molecule has 1 heterocycles. The SMILES string of the molecule is CCS(=O)(=O)NCCCNC(=NC)NC1CCN(c2ccc(F)cc2F)C1.I. The van der Waals surface area contributed by atoms with Gasteiger partial charge in [-0.15, -0.1) is 24.0 Å². The third-order valence-electron chi connectivity index (χ3n) is 4.35. The van der Waals surface area contributed by atoms with Crippen LogP contribution in [0.1, 0.15) is 19.8 Å². The van der Waals surface area contributed by atoms with Gasteiger partial charge in [-0.3, -0.25) is 4.99 Å². The zero-order chi connectivity index (χ0) is 19.9. The van der Waals surface area contributed by atoms with Gasteiger partial charge in [0.25, 0.3) is 0 Å². The average molecular weight is 531 g/mol. The van der Waals surface area contributed by atoms with E-state index in [1.807, 2.05) is 4.90 Å². The van der Waals surface area contributed by atoms with E-state index in [9.17, 15) is 17.2 Å². The maximum Gasteiger partial charge on any atom is 0.211 e. The molecule has 1 aliphatic heterocycles. The van der Waals surface area contributed by atoms with Gasteiger partial charge in [0, 0.05) is 45.3 Å². The Balaban J connectivity index is 0.00000392. The first-order valence-electron chi connectivity index (χ1n) is 8.99. The number of hydrogen-bond donors (Lipinski definition) is 3. The third kappa shape index (κ3) is 7.66. The van der Waals surface area contributed by atoms with E-state index < -0.39 is 21.7 Å². The van der Waals surface area contributed by atoms with Gasteiger partial charge in [0.2, 0.25) is 10.0 Å². The molecule has 2 rings (SSSR count). The predicted octanol–water partition coefficient (Wildman–Crippen LogP) is 1.66. The van der Waals surface area contributed by atoms with Crippen molar-refractivity contribution in [3.8, 4) is 0 Å². The summed E-state index contributed by atoms with van der Waals surface area (Å²) in [6.45, 7) is 3.76. The van der Waals surface area contributed by atoms with Crippen LogP contribution in [0.2, 0.25) is 0 Å². The minimum absolute atomic E-state index is 0. The first kappa shape index (κ1) is 24.8. The van der Waals surface area contributed by atoms with E-state index in [1.165, 1.54) is 12.1 Å². The number of anilines is 1. The van der Waals surface area contributed by atoms with Gasteiger partial charge in [-0.25, -0.2) is 21.9 Å². The number of halogens is 3. The molecule has 1 aromatic carbocycles. The third-order valence-corrected chi connectivity index (χ3v) is 5.76. The van der Waals surface area contributed by atoms with E-state index in [0.717, 1.165) is 12.5 Å².